The molecule has 0 saturated heterocycles. The summed E-state index contributed by atoms with van der Waals surface area (Å²) >= 11 is 0. The summed E-state index contributed by atoms with van der Waals surface area (Å²) in [5.74, 6) is 0. The van der Waals surface area contributed by atoms with E-state index < -0.39 is 12.7 Å². The van der Waals surface area contributed by atoms with E-state index in [0.717, 1.165) is 24.3 Å². The molecule has 0 radical (unpaired) electrons. The molecule has 132 valence electrons. The highest BCUT2D eigenvalue weighted by Gasteiger charge is 2.28. The smallest absolute Gasteiger partial charge is 0.348 e. The molecule has 1 aliphatic rings. The van der Waals surface area contributed by atoms with Gasteiger partial charge >= 0.3 is 6.18 Å². The van der Waals surface area contributed by atoms with Crippen LogP contribution in [0.2, 0.25) is 0 Å². The number of nitrogens with zero attached hydrogens (tertiary/aromatic N) is 2. The Morgan fingerprint density at radius 3 is 2.42 bits per heavy atom. The Morgan fingerprint density at radius 2 is 1.79 bits per heavy atom. The van der Waals surface area contributed by atoms with E-state index in [-0.39, 0.29) is 6.04 Å². The molecule has 1 aromatic carbocycles. The highest BCUT2D eigenvalue weighted by Crippen LogP contribution is 2.32. The molecule has 3 rings (SSSR count). The summed E-state index contributed by atoms with van der Waals surface area (Å²) in [5.41, 5.74) is 6.11. The van der Waals surface area contributed by atoms with Crippen molar-refractivity contribution in [3.63, 3.8) is 0 Å². The number of alkyl halides is 3. The van der Waals surface area contributed by atoms with E-state index in [2.05, 4.69) is 34.0 Å². The largest absolute Gasteiger partial charge is 0.401 e. The van der Waals surface area contributed by atoms with Gasteiger partial charge in [-0.05, 0) is 56.1 Å². The molecule has 1 aromatic heterocycles. The molecule has 0 spiro atoms. The van der Waals surface area contributed by atoms with Crippen molar-refractivity contribution in [3.05, 3.63) is 34.5 Å². The van der Waals surface area contributed by atoms with E-state index in [0.29, 0.717) is 6.42 Å². The van der Waals surface area contributed by atoms with Crippen LogP contribution in [0, 0.1) is 6.92 Å². The standard InChI is InChI=1S/C18H24F3N3/c1-11(22-10-18(19,20)21)5-15-12(2)24(4)17-7-14-9-23(3)8-13(14)6-16(15)17/h6-7,11,22H,5,8-10H2,1-4H3. The van der Waals surface area contributed by atoms with Crippen LogP contribution < -0.4 is 5.32 Å². The quantitative estimate of drug-likeness (QED) is 0.920. The van der Waals surface area contributed by atoms with E-state index >= 15 is 0 Å². The number of nitrogens with one attached hydrogen (secondary N) is 1. The Bertz CT molecular complexity index is 761. The molecule has 2 heterocycles. The van der Waals surface area contributed by atoms with Crippen LogP contribution in [0.3, 0.4) is 0 Å². The summed E-state index contributed by atoms with van der Waals surface area (Å²) in [5, 5.41) is 3.76. The third-order valence-corrected chi connectivity index (χ3v) is 4.99. The molecule has 24 heavy (non-hydrogen) atoms. The number of rotatable bonds is 4. The zero-order chi connectivity index (χ0) is 17.6. The van der Waals surface area contributed by atoms with E-state index in [1.165, 1.54) is 22.0 Å². The van der Waals surface area contributed by atoms with E-state index in [1.807, 2.05) is 20.9 Å². The van der Waals surface area contributed by atoms with Gasteiger partial charge in [0.15, 0.2) is 0 Å². The highest BCUT2D eigenvalue weighted by molar-refractivity contribution is 5.87. The molecular formula is C18H24F3N3. The van der Waals surface area contributed by atoms with Crippen molar-refractivity contribution in [2.75, 3.05) is 13.6 Å². The molecule has 3 nitrogen and oxygen atoms in total. The summed E-state index contributed by atoms with van der Waals surface area (Å²) in [4.78, 5) is 2.27. The van der Waals surface area contributed by atoms with Crippen molar-refractivity contribution in [2.45, 2.75) is 45.6 Å². The van der Waals surface area contributed by atoms with Crippen LogP contribution >= 0.6 is 0 Å². The Balaban J connectivity index is 1.90. The number of halogens is 3. The average Bonchev–Trinajstić information content (AvgIpc) is 2.95. The van der Waals surface area contributed by atoms with E-state index in [1.54, 1.807) is 0 Å². The Kier molecular flexibility index (Phi) is 4.38. The summed E-state index contributed by atoms with van der Waals surface area (Å²) in [6.45, 7) is 4.79. The maximum Gasteiger partial charge on any atom is 0.401 e. The fourth-order valence-electron chi connectivity index (χ4n) is 3.63. The number of hydrogen-bond acceptors (Lipinski definition) is 2. The minimum atomic E-state index is -4.17. The maximum atomic E-state index is 12.4. The van der Waals surface area contributed by atoms with Crippen molar-refractivity contribution in [1.82, 2.24) is 14.8 Å². The van der Waals surface area contributed by atoms with Gasteiger partial charge in [-0.3, -0.25) is 4.90 Å². The predicted octanol–water partition coefficient (Wildman–Crippen LogP) is 3.52. The lowest BCUT2D eigenvalue weighted by Crippen LogP contribution is -2.36. The molecule has 2 aromatic rings. The van der Waals surface area contributed by atoms with Gasteiger partial charge in [0, 0.05) is 42.8 Å². The Hall–Kier alpha value is -1.53. The van der Waals surface area contributed by atoms with Gasteiger partial charge in [0.25, 0.3) is 0 Å². The molecule has 0 bridgehead atoms. The normalized spacial score (nSPS) is 16.8. The number of hydrogen-bond donors (Lipinski definition) is 1. The number of aromatic nitrogens is 1. The van der Waals surface area contributed by atoms with Crippen molar-refractivity contribution in [3.8, 4) is 0 Å². The Morgan fingerprint density at radius 1 is 1.17 bits per heavy atom. The summed E-state index contributed by atoms with van der Waals surface area (Å²) < 4.78 is 39.4. The van der Waals surface area contributed by atoms with Crippen molar-refractivity contribution >= 4 is 10.9 Å². The van der Waals surface area contributed by atoms with Gasteiger partial charge in [0.1, 0.15) is 0 Å². The second kappa shape index (κ2) is 6.08. The molecular weight excluding hydrogens is 315 g/mol. The number of fused-ring (bicyclic) bond motifs is 2. The van der Waals surface area contributed by atoms with Crippen LogP contribution in [0.5, 0.6) is 0 Å². The number of aryl methyl sites for hydroxylation is 1. The molecule has 0 aliphatic carbocycles. The fraction of sp³-hybridized carbons (Fsp3) is 0.556. The molecule has 1 N–H and O–H groups in total. The van der Waals surface area contributed by atoms with Gasteiger partial charge in [-0.25, -0.2) is 0 Å². The van der Waals surface area contributed by atoms with Gasteiger partial charge in [-0.15, -0.1) is 0 Å². The fourth-order valence-corrected chi connectivity index (χ4v) is 3.63. The lowest BCUT2D eigenvalue weighted by molar-refractivity contribution is -0.126. The van der Waals surface area contributed by atoms with Gasteiger partial charge in [0.05, 0.1) is 6.54 Å². The average molecular weight is 339 g/mol. The van der Waals surface area contributed by atoms with Crippen LogP contribution in [0.1, 0.15) is 29.3 Å². The van der Waals surface area contributed by atoms with Crippen molar-refractivity contribution in [1.29, 1.82) is 0 Å². The topological polar surface area (TPSA) is 20.2 Å². The first kappa shape index (κ1) is 17.3. The second-order valence-electron chi connectivity index (χ2n) is 7.03. The number of benzene rings is 1. The molecule has 0 amide bonds. The highest BCUT2D eigenvalue weighted by atomic mass is 19.4. The first-order valence-electron chi connectivity index (χ1n) is 8.24. The first-order chi connectivity index (χ1) is 11.2. The second-order valence-corrected chi connectivity index (χ2v) is 7.03. The maximum absolute atomic E-state index is 12.4. The monoisotopic (exact) mass is 339 g/mol. The van der Waals surface area contributed by atoms with Crippen molar-refractivity contribution < 1.29 is 13.2 Å². The summed E-state index contributed by atoms with van der Waals surface area (Å²) in [6, 6.07) is 4.23. The third-order valence-electron chi connectivity index (χ3n) is 4.99. The zero-order valence-electron chi connectivity index (χ0n) is 14.6. The molecule has 1 aliphatic heterocycles. The van der Waals surface area contributed by atoms with Crippen LogP contribution in [-0.2, 0) is 26.6 Å². The predicted molar refractivity (Wildman–Crippen MR) is 90.1 cm³/mol. The lowest BCUT2D eigenvalue weighted by atomic mass is 10.0. The summed E-state index contributed by atoms with van der Waals surface area (Å²) in [7, 11) is 4.12. The third kappa shape index (κ3) is 3.30. The lowest BCUT2D eigenvalue weighted by Gasteiger charge is -2.16. The van der Waals surface area contributed by atoms with Gasteiger partial charge in [-0.1, -0.05) is 0 Å². The summed E-state index contributed by atoms with van der Waals surface area (Å²) in [6.07, 6.45) is -3.58. The van der Waals surface area contributed by atoms with Crippen LogP contribution in [0.25, 0.3) is 10.9 Å². The SMILES string of the molecule is Cc1c(CC(C)NCC(F)(F)F)c2cc3c(cc2n1C)CN(C)C3. The van der Waals surface area contributed by atoms with Gasteiger partial charge in [0.2, 0.25) is 0 Å². The van der Waals surface area contributed by atoms with Crippen LogP contribution in [-0.4, -0.2) is 35.3 Å². The molecule has 1 unspecified atom stereocenters. The Labute approximate surface area is 140 Å². The molecule has 0 fully saturated rings. The zero-order valence-corrected chi connectivity index (χ0v) is 14.6. The van der Waals surface area contributed by atoms with Crippen molar-refractivity contribution in [2.24, 2.45) is 7.05 Å². The van der Waals surface area contributed by atoms with E-state index in [4.69, 9.17) is 0 Å². The molecule has 1 atom stereocenters. The van der Waals surface area contributed by atoms with Crippen LogP contribution in [0.4, 0.5) is 13.2 Å². The van der Waals surface area contributed by atoms with Crippen LogP contribution in [0.15, 0.2) is 12.1 Å². The van der Waals surface area contributed by atoms with E-state index in [9.17, 15) is 13.2 Å². The molecule has 0 saturated carbocycles. The minimum Gasteiger partial charge on any atom is -0.348 e. The van der Waals surface area contributed by atoms with Gasteiger partial charge in [-0.2, -0.15) is 13.2 Å². The minimum absolute atomic E-state index is 0.230. The van der Waals surface area contributed by atoms with Gasteiger partial charge < -0.3 is 9.88 Å². The molecule has 6 heteroatoms. The first-order valence-corrected chi connectivity index (χ1v) is 8.24.